The van der Waals surface area contributed by atoms with Gasteiger partial charge in [0.25, 0.3) is 0 Å². The first kappa shape index (κ1) is 29.9. The number of rotatable bonds is 10. The molecule has 8 heteroatoms. The monoisotopic (exact) mass is 516 g/mol. The zero-order valence-electron chi connectivity index (χ0n) is 25.8. The van der Waals surface area contributed by atoms with E-state index < -0.39 is 0 Å². The van der Waals surface area contributed by atoms with Crippen molar-refractivity contribution < 1.29 is 0 Å². The summed E-state index contributed by atoms with van der Waals surface area (Å²) >= 11 is 0. The van der Waals surface area contributed by atoms with Crippen molar-refractivity contribution in [2.24, 2.45) is 10.8 Å². The Morgan fingerprint density at radius 1 is 0.703 bits per heavy atom. The molecule has 0 atom stereocenters. The number of nitrogens with zero attached hydrogens (tertiary/aromatic N) is 5. The molecule has 3 N–H and O–H groups in total. The van der Waals surface area contributed by atoms with Crippen LogP contribution in [0.2, 0.25) is 0 Å². The molecular weight excluding hydrogens is 460 g/mol. The lowest BCUT2D eigenvalue weighted by molar-refractivity contribution is -0.0145. The Bertz CT molecular complexity index is 847. The van der Waals surface area contributed by atoms with Crippen molar-refractivity contribution >= 4 is 17.8 Å². The highest BCUT2D eigenvalue weighted by Gasteiger charge is 2.46. The summed E-state index contributed by atoms with van der Waals surface area (Å²) in [6.45, 7) is 27.3. The van der Waals surface area contributed by atoms with Crippen molar-refractivity contribution in [3.8, 4) is 0 Å². The number of hydrazine groups is 2. The molecule has 37 heavy (non-hydrogen) atoms. The maximum absolute atomic E-state index is 4.89. The molecule has 2 aliphatic rings. The lowest BCUT2D eigenvalue weighted by Crippen LogP contribution is -2.60. The van der Waals surface area contributed by atoms with Gasteiger partial charge in [0.1, 0.15) is 0 Å². The summed E-state index contributed by atoms with van der Waals surface area (Å²) in [5.41, 5.74) is 7.35. The van der Waals surface area contributed by atoms with Crippen molar-refractivity contribution in [2.75, 3.05) is 29.3 Å². The summed E-state index contributed by atoms with van der Waals surface area (Å²) in [5, 5.41) is 8.27. The third-order valence-corrected chi connectivity index (χ3v) is 9.99. The van der Waals surface area contributed by atoms with E-state index in [4.69, 9.17) is 15.0 Å². The van der Waals surface area contributed by atoms with Crippen molar-refractivity contribution in [2.45, 2.75) is 144 Å². The number of aromatic nitrogens is 3. The quantitative estimate of drug-likeness (QED) is 0.284. The van der Waals surface area contributed by atoms with Gasteiger partial charge in [-0.1, -0.05) is 53.9 Å². The average Bonchev–Trinajstić information content (AvgIpc) is 2.75. The highest BCUT2D eigenvalue weighted by molar-refractivity contribution is 5.43. The summed E-state index contributed by atoms with van der Waals surface area (Å²) in [7, 11) is 0. The van der Waals surface area contributed by atoms with E-state index in [2.05, 4.69) is 102 Å². The molecule has 0 saturated carbocycles. The minimum absolute atomic E-state index is 0.0443. The van der Waals surface area contributed by atoms with Gasteiger partial charge < -0.3 is 5.32 Å². The number of hydrogen-bond acceptors (Lipinski definition) is 8. The third-order valence-electron chi connectivity index (χ3n) is 9.99. The third kappa shape index (κ3) is 6.67. The van der Waals surface area contributed by atoms with Gasteiger partial charge in [0, 0.05) is 29.7 Å². The van der Waals surface area contributed by atoms with Gasteiger partial charge in [0.2, 0.25) is 17.8 Å². The zero-order valence-corrected chi connectivity index (χ0v) is 25.8. The van der Waals surface area contributed by atoms with Gasteiger partial charge in [-0.2, -0.15) is 15.0 Å². The van der Waals surface area contributed by atoms with E-state index in [1.54, 1.807) is 0 Å². The molecule has 2 saturated heterocycles. The highest BCUT2D eigenvalue weighted by atomic mass is 15.6. The van der Waals surface area contributed by atoms with Crippen molar-refractivity contribution in [1.82, 2.24) is 25.0 Å². The average molecular weight is 517 g/mol. The molecule has 0 radical (unpaired) electrons. The molecule has 0 spiro atoms. The Labute approximate surface area is 227 Å². The lowest BCUT2D eigenvalue weighted by Gasteiger charge is -2.53. The topological polar surface area (TPSA) is 81.2 Å². The van der Waals surface area contributed by atoms with Gasteiger partial charge in [0.05, 0.1) is 0 Å². The molecule has 0 aromatic carbocycles. The number of anilines is 3. The van der Waals surface area contributed by atoms with Crippen LogP contribution in [0, 0.1) is 10.8 Å². The number of hydrogen-bond donors (Lipinski definition) is 3. The van der Waals surface area contributed by atoms with Crippen LogP contribution in [0.25, 0.3) is 0 Å². The molecule has 2 fully saturated rings. The summed E-state index contributed by atoms with van der Waals surface area (Å²) in [5.74, 6) is 1.79. The van der Waals surface area contributed by atoms with Crippen LogP contribution in [0.3, 0.4) is 0 Å². The molecule has 0 amide bonds. The van der Waals surface area contributed by atoms with E-state index in [1.807, 2.05) is 0 Å². The molecule has 1 aromatic heterocycles. The van der Waals surface area contributed by atoms with Crippen LogP contribution in [0.1, 0.15) is 128 Å². The predicted octanol–water partition coefficient (Wildman–Crippen LogP) is 7.10. The minimum Gasteiger partial charge on any atom is -0.349 e. The normalized spacial score (nSPS) is 23.4. The van der Waals surface area contributed by atoms with E-state index >= 15 is 0 Å². The van der Waals surface area contributed by atoms with Gasteiger partial charge >= 0.3 is 0 Å². The first-order valence-electron chi connectivity index (χ1n) is 14.6. The summed E-state index contributed by atoms with van der Waals surface area (Å²) < 4.78 is 0. The maximum Gasteiger partial charge on any atom is 0.244 e. The Kier molecular flexibility index (Phi) is 8.75. The minimum atomic E-state index is -0.107. The molecule has 8 nitrogen and oxygen atoms in total. The molecular formula is C29H56N8. The Hall–Kier alpha value is -1.67. The van der Waals surface area contributed by atoms with E-state index in [0.29, 0.717) is 17.8 Å². The molecule has 1 aromatic rings. The molecule has 0 bridgehead atoms. The second kappa shape index (κ2) is 10.8. The fraction of sp³-hybridized carbons (Fsp3) is 0.897. The predicted molar refractivity (Wildman–Crippen MR) is 157 cm³/mol. The molecule has 0 unspecified atom stereocenters. The second-order valence-corrected chi connectivity index (χ2v) is 14.4. The van der Waals surface area contributed by atoms with Crippen LogP contribution in [0.4, 0.5) is 17.8 Å². The number of unbranched alkanes of at least 4 members (excludes halogenated alkanes) is 2. The fourth-order valence-corrected chi connectivity index (χ4v) is 5.61. The first-order chi connectivity index (χ1) is 17.0. The van der Waals surface area contributed by atoms with Crippen LogP contribution in [-0.2, 0) is 0 Å². The van der Waals surface area contributed by atoms with Crippen LogP contribution >= 0.6 is 0 Å². The first-order valence-corrected chi connectivity index (χ1v) is 14.6. The van der Waals surface area contributed by atoms with Crippen LogP contribution in [0.5, 0.6) is 0 Å². The second-order valence-electron chi connectivity index (χ2n) is 14.4. The maximum atomic E-state index is 4.89. The molecule has 2 aliphatic heterocycles. The SMILES string of the molecule is CCCCCC(C)(C)Nc1nc(NN2CCCC(C)(C)C2(C)C)nc(NN2CCCC(C)(C)C2(C)C)n1. The highest BCUT2D eigenvalue weighted by Crippen LogP contribution is 2.44. The summed E-state index contributed by atoms with van der Waals surface area (Å²) in [4.78, 5) is 14.6. The van der Waals surface area contributed by atoms with E-state index in [1.165, 1.54) is 32.1 Å². The molecule has 3 rings (SSSR count). The number of piperidine rings is 2. The Balaban J connectivity index is 1.91. The van der Waals surface area contributed by atoms with Gasteiger partial charge in [-0.05, 0) is 84.5 Å². The Morgan fingerprint density at radius 2 is 1.14 bits per heavy atom. The van der Waals surface area contributed by atoms with Gasteiger partial charge in [-0.25, -0.2) is 10.0 Å². The lowest BCUT2D eigenvalue weighted by atomic mass is 9.69. The molecule has 212 valence electrons. The van der Waals surface area contributed by atoms with Crippen molar-refractivity contribution in [3.05, 3.63) is 0 Å². The smallest absolute Gasteiger partial charge is 0.244 e. The van der Waals surface area contributed by atoms with Gasteiger partial charge in [-0.3, -0.25) is 10.9 Å². The largest absolute Gasteiger partial charge is 0.349 e. The standard InChI is InChI=1S/C29H56N8/c1-12-13-14-19-27(6,7)33-22-30-23(34-36-20-15-17-25(2,3)28(36,8)9)32-24(31-22)35-37-21-16-18-26(4,5)29(37,10)11/h12-21H2,1-11H3,(H3,30,31,32,33,34,35). The Morgan fingerprint density at radius 3 is 1.57 bits per heavy atom. The zero-order chi connectivity index (χ0) is 27.7. The van der Waals surface area contributed by atoms with E-state index in [0.717, 1.165) is 32.4 Å². The van der Waals surface area contributed by atoms with Gasteiger partial charge in [-0.15, -0.1) is 0 Å². The van der Waals surface area contributed by atoms with E-state index in [9.17, 15) is 0 Å². The van der Waals surface area contributed by atoms with Crippen molar-refractivity contribution in [3.63, 3.8) is 0 Å². The molecule has 0 aliphatic carbocycles. The fourth-order valence-electron chi connectivity index (χ4n) is 5.61. The van der Waals surface area contributed by atoms with Crippen LogP contribution in [-0.4, -0.2) is 54.7 Å². The van der Waals surface area contributed by atoms with Crippen LogP contribution in [0.15, 0.2) is 0 Å². The van der Waals surface area contributed by atoms with Crippen molar-refractivity contribution in [1.29, 1.82) is 0 Å². The number of nitrogens with one attached hydrogen (secondary N) is 3. The molecule has 3 heterocycles. The van der Waals surface area contributed by atoms with E-state index in [-0.39, 0.29) is 27.4 Å². The summed E-state index contributed by atoms with van der Waals surface area (Å²) in [6, 6.07) is 0. The van der Waals surface area contributed by atoms with Gasteiger partial charge in [0.15, 0.2) is 0 Å². The van der Waals surface area contributed by atoms with Crippen LogP contribution < -0.4 is 16.2 Å². The summed E-state index contributed by atoms with van der Waals surface area (Å²) in [6.07, 6.45) is 9.42.